The number of hydrogen-bond acceptors (Lipinski definition) is 7. The molecule has 9 heteroatoms. The van der Waals surface area contributed by atoms with Crippen LogP contribution in [0.25, 0.3) is 0 Å². The lowest BCUT2D eigenvalue weighted by Crippen LogP contribution is -2.47. The van der Waals surface area contributed by atoms with Crippen LogP contribution in [0.1, 0.15) is 12.0 Å². The molecule has 1 N–H and O–H groups in total. The lowest BCUT2D eigenvalue weighted by Gasteiger charge is -2.37. The van der Waals surface area contributed by atoms with Crippen molar-refractivity contribution in [1.29, 1.82) is 0 Å². The number of sulfone groups is 1. The van der Waals surface area contributed by atoms with Crippen LogP contribution in [0.2, 0.25) is 0 Å². The molecule has 0 saturated carbocycles. The zero-order chi connectivity index (χ0) is 22.4. The lowest BCUT2D eigenvalue weighted by atomic mass is 10.1. The van der Waals surface area contributed by atoms with Crippen LogP contribution < -0.4 is 10.2 Å². The molecular weight excluding hydrogens is 444 g/mol. The van der Waals surface area contributed by atoms with E-state index >= 15 is 0 Å². The van der Waals surface area contributed by atoms with Gasteiger partial charge in [-0.1, -0.05) is 12.1 Å². The first-order valence-electron chi connectivity index (χ1n) is 11.1. The quantitative estimate of drug-likeness (QED) is 0.629. The molecule has 0 spiro atoms. The zero-order valence-corrected chi connectivity index (χ0v) is 19.8. The molecule has 32 heavy (non-hydrogen) atoms. The maximum absolute atomic E-state index is 12.5. The number of rotatable bonds is 8. The molecule has 1 amide bonds. The number of piperazine rings is 1. The number of carbonyl (C=O) groups is 1. The first kappa shape index (κ1) is 23.1. The highest BCUT2D eigenvalue weighted by Crippen LogP contribution is 2.28. The summed E-state index contributed by atoms with van der Waals surface area (Å²) in [6, 6.07) is 12.1. The van der Waals surface area contributed by atoms with Gasteiger partial charge in [-0.2, -0.15) is 0 Å². The number of benzene rings is 1. The molecule has 1 aromatic carbocycles. The molecule has 2 fully saturated rings. The van der Waals surface area contributed by atoms with Crippen molar-refractivity contribution in [3.05, 3.63) is 54.4 Å². The lowest BCUT2D eigenvalue weighted by molar-refractivity contribution is -0.113. The van der Waals surface area contributed by atoms with Crippen LogP contribution in [0.4, 0.5) is 11.4 Å². The standard InChI is InChI=1S/C23H30N4O3S2/c28-23(17-31-20-8-16-32(29,30)18-20)25-21-3-1-2-4-22(21)27-14-12-26(13-15-27)11-7-19-5-9-24-10-6-19/h1-6,9-10,20H,7-8,11-18H2,(H,25,28)/t20-/m0/s1. The number of amides is 1. The number of aromatic nitrogens is 1. The van der Waals surface area contributed by atoms with Crippen LogP contribution in [0, 0.1) is 0 Å². The summed E-state index contributed by atoms with van der Waals surface area (Å²) in [5, 5.41) is 3.07. The van der Waals surface area contributed by atoms with Gasteiger partial charge in [0.05, 0.1) is 28.6 Å². The van der Waals surface area contributed by atoms with E-state index in [1.807, 2.05) is 30.6 Å². The fraction of sp³-hybridized carbons (Fsp3) is 0.478. The van der Waals surface area contributed by atoms with Crippen molar-refractivity contribution in [3.8, 4) is 0 Å². The van der Waals surface area contributed by atoms with Gasteiger partial charge < -0.3 is 10.2 Å². The Kier molecular flexibility index (Phi) is 7.70. The number of anilines is 2. The summed E-state index contributed by atoms with van der Waals surface area (Å²) in [4.78, 5) is 21.4. The molecule has 2 aliphatic rings. The van der Waals surface area contributed by atoms with Crippen molar-refractivity contribution in [2.24, 2.45) is 0 Å². The fourth-order valence-corrected chi connectivity index (χ4v) is 7.62. The predicted octanol–water partition coefficient (Wildman–Crippen LogP) is 2.31. The minimum atomic E-state index is -2.91. The Labute approximate surface area is 194 Å². The number of carbonyl (C=O) groups excluding carboxylic acids is 1. The summed E-state index contributed by atoms with van der Waals surface area (Å²) in [6.45, 7) is 4.83. The molecule has 2 aromatic rings. The third-order valence-electron chi connectivity index (χ3n) is 6.00. The third-order valence-corrected chi connectivity index (χ3v) is 9.28. The molecule has 0 radical (unpaired) electrons. The van der Waals surface area contributed by atoms with E-state index in [4.69, 9.17) is 0 Å². The molecular formula is C23H30N4O3S2. The number of para-hydroxylation sites is 2. The third kappa shape index (κ3) is 6.46. The average Bonchev–Trinajstić information content (AvgIpc) is 3.16. The first-order valence-corrected chi connectivity index (χ1v) is 13.9. The SMILES string of the molecule is O=C(CS[C@H]1CCS(=O)(=O)C1)Nc1ccccc1N1CCN(CCc2ccncc2)CC1. The second-order valence-corrected chi connectivity index (χ2v) is 11.9. The maximum atomic E-state index is 12.5. The molecule has 4 rings (SSSR count). The summed E-state index contributed by atoms with van der Waals surface area (Å²) in [5.41, 5.74) is 3.18. The molecule has 0 unspecified atom stereocenters. The molecule has 2 aliphatic heterocycles. The van der Waals surface area contributed by atoms with Crippen molar-refractivity contribution >= 4 is 38.9 Å². The van der Waals surface area contributed by atoms with Gasteiger partial charge in [0.15, 0.2) is 9.84 Å². The second-order valence-electron chi connectivity index (χ2n) is 8.34. The van der Waals surface area contributed by atoms with Crippen molar-refractivity contribution < 1.29 is 13.2 Å². The van der Waals surface area contributed by atoms with Gasteiger partial charge in [-0.15, -0.1) is 11.8 Å². The van der Waals surface area contributed by atoms with Crippen molar-refractivity contribution in [2.75, 3.05) is 60.2 Å². The largest absolute Gasteiger partial charge is 0.367 e. The first-order chi connectivity index (χ1) is 15.5. The minimum absolute atomic E-state index is 0.0289. The molecule has 1 atom stereocenters. The smallest absolute Gasteiger partial charge is 0.234 e. The van der Waals surface area contributed by atoms with Crippen LogP contribution in [0.5, 0.6) is 0 Å². The monoisotopic (exact) mass is 474 g/mol. The summed E-state index contributed by atoms with van der Waals surface area (Å²) in [5.74, 6) is 0.622. The maximum Gasteiger partial charge on any atom is 0.234 e. The van der Waals surface area contributed by atoms with E-state index in [2.05, 4.69) is 38.3 Å². The van der Waals surface area contributed by atoms with E-state index in [0.717, 1.165) is 50.5 Å². The van der Waals surface area contributed by atoms with Gasteiger partial charge in [-0.3, -0.25) is 14.7 Å². The van der Waals surface area contributed by atoms with Gasteiger partial charge in [-0.05, 0) is 42.7 Å². The van der Waals surface area contributed by atoms with Gasteiger partial charge >= 0.3 is 0 Å². The fourth-order valence-electron chi connectivity index (χ4n) is 4.18. The second kappa shape index (κ2) is 10.7. The normalized spacial score (nSPS) is 20.9. The number of hydrogen-bond donors (Lipinski definition) is 1. The number of nitrogens with zero attached hydrogens (tertiary/aromatic N) is 3. The van der Waals surface area contributed by atoms with E-state index < -0.39 is 9.84 Å². The Hall–Kier alpha value is -2.10. The Bertz CT molecular complexity index is 1010. The highest BCUT2D eigenvalue weighted by atomic mass is 32.2. The van der Waals surface area contributed by atoms with Crippen LogP contribution in [-0.2, 0) is 21.1 Å². The van der Waals surface area contributed by atoms with Gasteiger partial charge in [0, 0.05) is 50.4 Å². The Morgan fingerprint density at radius 2 is 1.84 bits per heavy atom. The van der Waals surface area contributed by atoms with Crippen LogP contribution >= 0.6 is 11.8 Å². The van der Waals surface area contributed by atoms with Crippen molar-refractivity contribution in [3.63, 3.8) is 0 Å². The van der Waals surface area contributed by atoms with Crippen LogP contribution in [0.15, 0.2) is 48.8 Å². The summed E-state index contributed by atoms with van der Waals surface area (Å²) in [7, 11) is -2.91. The van der Waals surface area contributed by atoms with E-state index in [9.17, 15) is 13.2 Å². The molecule has 2 saturated heterocycles. The molecule has 7 nitrogen and oxygen atoms in total. The van der Waals surface area contributed by atoms with Gasteiger partial charge in [0.25, 0.3) is 0 Å². The van der Waals surface area contributed by atoms with Gasteiger partial charge in [0.1, 0.15) is 0 Å². The van der Waals surface area contributed by atoms with E-state index in [1.165, 1.54) is 17.3 Å². The summed E-state index contributed by atoms with van der Waals surface area (Å²) in [6.07, 6.45) is 5.34. The van der Waals surface area contributed by atoms with Crippen molar-refractivity contribution in [2.45, 2.75) is 18.1 Å². The van der Waals surface area contributed by atoms with Gasteiger partial charge in [0.2, 0.25) is 5.91 Å². The number of pyridine rings is 1. The van der Waals surface area contributed by atoms with E-state index in [1.54, 1.807) is 0 Å². The summed E-state index contributed by atoms with van der Waals surface area (Å²) >= 11 is 1.44. The van der Waals surface area contributed by atoms with Gasteiger partial charge in [-0.25, -0.2) is 8.42 Å². The molecule has 1 aromatic heterocycles. The van der Waals surface area contributed by atoms with Crippen LogP contribution in [-0.4, -0.2) is 79.4 Å². The predicted molar refractivity (Wildman–Crippen MR) is 131 cm³/mol. The highest BCUT2D eigenvalue weighted by molar-refractivity contribution is 8.02. The molecule has 172 valence electrons. The molecule has 0 bridgehead atoms. The zero-order valence-electron chi connectivity index (χ0n) is 18.2. The van der Waals surface area contributed by atoms with Crippen LogP contribution in [0.3, 0.4) is 0 Å². The average molecular weight is 475 g/mol. The Morgan fingerprint density at radius 1 is 1.09 bits per heavy atom. The molecule has 3 heterocycles. The Balaban J connectivity index is 1.26. The van der Waals surface area contributed by atoms with E-state index in [-0.39, 0.29) is 28.4 Å². The summed E-state index contributed by atoms with van der Waals surface area (Å²) < 4.78 is 23.2. The molecule has 0 aliphatic carbocycles. The topological polar surface area (TPSA) is 82.6 Å². The Morgan fingerprint density at radius 3 is 2.56 bits per heavy atom. The van der Waals surface area contributed by atoms with Crippen molar-refractivity contribution in [1.82, 2.24) is 9.88 Å². The van der Waals surface area contributed by atoms with E-state index in [0.29, 0.717) is 6.42 Å². The minimum Gasteiger partial charge on any atom is -0.367 e. The highest BCUT2D eigenvalue weighted by Gasteiger charge is 2.28. The number of nitrogens with one attached hydrogen (secondary N) is 1. The number of thioether (sulfide) groups is 1.